The van der Waals surface area contributed by atoms with E-state index >= 15 is 0 Å². The van der Waals surface area contributed by atoms with Crippen LogP contribution in [-0.4, -0.2) is 16.9 Å². The Morgan fingerprint density at radius 1 is 1.80 bits per heavy atom. The van der Waals surface area contributed by atoms with Crippen molar-refractivity contribution in [2.45, 2.75) is 32.7 Å². The summed E-state index contributed by atoms with van der Waals surface area (Å²) in [5.74, 6) is -0.264. The first kappa shape index (κ1) is 11.7. The van der Waals surface area contributed by atoms with E-state index in [4.69, 9.17) is 5.26 Å². The third-order valence-corrected chi connectivity index (χ3v) is 2.66. The van der Waals surface area contributed by atoms with Crippen molar-refractivity contribution in [3.63, 3.8) is 0 Å². The van der Waals surface area contributed by atoms with Crippen LogP contribution in [0, 0.1) is 18.3 Å². The molecule has 80 valence electrons. The van der Waals surface area contributed by atoms with Gasteiger partial charge in [-0.3, -0.25) is 4.79 Å². The predicted molar refractivity (Wildman–Crippen MR) is 58.6 cm³/mol. The van der Waals surface area contributed by atoms with E-state index in [0.717, 1.165) is 11.4 Å². The number of amides is 1. The zero-order valence-electron chi connectivity index (χ0n) is 8.78. The lowest BCUT2D eigenvalue weighted by atomic mass is 10.2. The molecule has 0 bridgehead atoms. The number of thiazole rings is 1. The molecule has 1 heterocycles. The standard InChI is InChI=1S/C10H13N3OS/c1-3-4-8(5-11)13-10(14)9-6-15-7(2)12-9/h6,8H,3-4H2,1-2H3,(H,13,14). The van der Waals surface area contributed by atoms with Crippen molar-refractivity contribution in [1.29, 1.82) is 5.26 Å². The first-order chi connectivity index (χ1) is 7.17. The Morgan fingerprint density at radius 3 is 3.00 bits per heavy atom. The van der Waals surface area contributed by atoms with Gasteiger partial charge in [-0.05, 0) is 13.3 Å². The second-order valence-corrected chi connectivity index (χ2v) is 4.26. The molecular formula is C10H13N3OS. The summed E-state index contributed by atoms with van der Waals surface area (Å²) in [7, 11) is 0. The van der Waals surface area contributed by atoms with Crippen LogP contribution in [0.1, 0.15) is 35.3 Å². The zero-order valence-corrected chi connectivity index (χ0v) is 9.60. The molecule has 1 aromatic heterocycles. The highest BCUT2D eigenvalue weighted by molar-refractivity contribution is 7.09. The SMILES string of the molecule is CCCC(C#N)NC(=O)c1csc(C)n1. The number of nitrogens with zero attached hydrogens (tertiary/aromatic N) is 2. The van der Waals surface area contributed by atoms with Crippen LogP contribution in [0.2, 0.25) is 0 Å². The number of nitrogens with one attached hydrogen (secondary N) is 1. The first-order valence-electron chi connectivity index (χ1n) is 4.80. The number of nitriles is 1. The average Bonchev–Trinajstić information content (AvgIpc) is 2.64. The maximum absolute atomic E-state index is 11.6. The molecule has 4 nitrogen and oxygen atoms in total. The summed E-state index contributed by atoms with van der Waals surface area (Å²) in [4.78, 5) is 15.6. The number of carbonyl (C=O) groups is 1. The molecule has 1 unspecified atom stereocenters. The molecule has 0 saturated heterocycles. The van der Waals surface area contributed by atoms with Gasteiger partial charge in [-0.15, -0.1) is 11.3 Å². The summed E-state index contributed by atoms with van der Waals surface area (Å²) >= 11 is 1.43. The Bertz CT molecular complexity index is 380. The maximum atomic E-state index is 11.6. The average molecular weight is 223 g/mol. The number of rotatable bonds is 4. The van der Waals surface area contributed by atoms with Gasteiger partial charge in [0.1, 0.15) is 11.7 Å². The lowest BCUT2D eigenvalue weighted by Crippen LogP contribution is -2.33. The molecular weight excluding hydrogens is 210 g/mol. The summed E-state index contributed by atoms with van der Waals surface area (Å²) in [6.07, 6.45) is 1.54. The van der Waals surface area contributed by atoms with Crippen LogP contribution >= 0.6 is 11.3 Å². The fourth-order valence-electron chi connectivity index (χ4n) is 1.16. The van der Waals surface area contributed by atoms with Crippen molar-refractivity contribution in [2.24, 2.45) is 0 Å². The van der Waals surface area contributed by atoms with E-state index in [0.29, 0.717) is 12.1 Å². The van der Waals surface area contributed by atoms with Crippen LogP contribution in [0.4, 0.5) is 0 Å². The smallest absolute Gasteiger partial charge is 0.271 e. The number of hydrogen-bond acceptors (Lipinski definition) is 4. The number of carbonyl (C=O) groups excluding carboxylic acids is 1. The van der Waals surface area contributed by atoms with Gasteiger partial charge in [-0.25, -0.2) is 4.98 Å². The molecule has 0 spiro atoms. The first-order valence-corrected chi connectivity index (χ1v) is 5.68. The Labute approximate surface area is 92.9 Å². The van der Waals surface area contributed by atoms with Gasteiger partial charge in [-0.1, -0.05) is 13.3 Å². The highest BCUT2D eigenvalue weighted by atomic mass is 32.1. The summed E-state index contributed by atoms with van der Waals surface area (Å²) < 4.78 is 0. The third-order valence-electron chi connectivity index (χ3n) is 1.89. The molecule has 1 aromatic rings. The van der Waals surface area contributed by atoms with Gasteiger partial charge in [0.15, 0.2) is 0 Å². The van der Waals surface area contributed by atoms with Crippen LogP contribution in [0.15, 0.2) is 5.38 Å². The van der Waals surface area contributed by atoms with Crippen molar-refractivity contribution in [3.05, 3.63) is 16.1 Å². The topological polar surface area (TPSA) is 65.8 Å². The molecule has 1 atom stereocenters. The molecule has 15 heavy (non-hydrogen) atoms. The van der Waals surface area contributed by atoms with Crippen molar-refractivity contribution in [3.8, 4) is 6.07 Å². The maximum Gasteiger partial charge on any atom is 0.271 e. The molecule has 5 heteroatoms. The zero-order chi connectivity index (χ0) is 11.3. The summed E-state index contributed by atoms with van der Waals surface area (Å²) in [5.41, 5.74) is 0.397. The molecule has 0 aromatic carbocycles. The van der Waals surface area contributed by atoms with E-state index in [1.807, 2.05) is 13.8 Å². The Hall–Kier alpha value is -1.41. The van der Waals surface area contributed by atoms with Crippen molar-refractivity contribution >= 4 is 17.2 Å². The molecule has 1 N–H and O–H groups in total. The molecule has 0 aliphatic heterocycles. The number of aryl methyl sites for hydroxylation is 1. The highest BCUT2D eigenvalue weighted by Gasteiger charge is 2.14. The van der Waals surface area contributed by atoms with E-state index in [-0.39, 0.29) is 5.91 Å². The molecule has 0 aliphatic carbocycles. The van der Waals surface area contributed by atoms with Crippen LogP contribution in [-0.2, 0) is 0 Å². The van der Waals surface area contributed by atoms with Gasteiger partial charge in [0.2, 0.25) is 0 Å². The van der Waals surface area contributed by atoms with E-state index < -0.39 is 6.04 Å². The van der Waals surface area contributed by atoms with Gasteiger partial charge in [-0.2, -0.15) is 5.26 Å². The Balaban J connectivity index is 2.59. The minimum atomic E-state index is -0.412. The second kappa shape index (κ2) is 5.47. The van der Waals surface area contributed by atoms with Gasteiger partial charge in [0.25, 0.3) is 5.91 Å². The van der Waals surface area contributed by atoms with Gasteiger partial charge in [0.05, 0.1) is 11.1 Å². The van der Waals surface area contributed by atoms with Gasteiger partial charge in [0, 0.05) is 5.38 Å². The van der Waals surface area contributed by atoms with Crippen molar-refractivity contribution in [2.75, 3.05) is 0 Å². The monoisotopic (exact) mass is 223 g/mol. The normalized spacial score (nSPS) is 11.8. The summed E-state index contributed by atoms with van der Waals surface area (Å²) in [6.45, 7) is 3.82. The third kappa shape index (κ3) is 3.33. The Morgan fingerprint density at radius 2 is 2.53 bits per heavy atom. The fourth-order valence-corrected chi connectivity index (χ4v) is 1.75. The van der Waals surface area contributed by atoms with E-state index in [2.05, 4.69) is 16.4 Å². The largest absolute Gasteiger partial charge is 0.335 e. The van der Waals surface area contributed by atoms with E-state index in [1.54, 1.807) is 5.38 Å². The number of hydrogen-bond donors (Lipinski definition) is 1. The lowest BCUT2D eigenvalue weighted by Gasteiger charge is -2.08. The molecule has 1 rings (SSSR count). The van der Waals surface area contributed by atoms with Gasteiger partial charge >= 0.3 is 0 Å². The summed E-state index contributed by atoms with van der Waals surface area (Å²) in [5, 5.41) is 14.0. The lowest BCUT2D eigenvalue weighted by molar-refractivity contribution is 0.0939. The number of aromatic nitrogens is 1. The highest BCUT2D eigenvalue weighted by Crippen LogP contribution is 2.08. The second-order valence-electron chi connectivity index (χ2n) is 3.20. The van der Waals surface area contributed by atoms with Crippen LogP contribution in [0.25, 0.3) is 0 Å². The predicted octanol–water partition coefficient (Wildman–Crippen LogP) is 1.87. The fraction of sp³-hybridized carbons (Fsp3) is 0.500. The van der Waals surface area contributed by atoms with E-state index in [9.17, 15) is 4.79 Å². The molecule has 0 aliphatic rings. The Kier molecular flexibility index (Phi) is 4.25. The van der Waals surface area contributed by atoms with Crippen LogP contribution in [0.3, 0.4) is 0 Å². The quantitative estimate of drug-likeness (QED) is 0.847. The van der Waals surface area contributed by atoms with Crippen molar-refractivity contribution < 1.29 is 4.79 Å². The summed E-state index contributed by atoms with van der Waals surface area (Å²) in [6, 6.07) is 1.64. The molecule has 0 radical (unpaired) electrons. The van der Waals surface area contributed by atoms with Crippen molar-refractivity contribution in [1.82, 2.24) is 10.3 Å². The molecule has 0 fully saturated rings. The van der Waals surface area contributed by atoms with E-state index in [1.165, 1.54) is 11.3 Å². The molecule has 1 amide bonds. The minimum Gasteiger partial charge on any atom is -0.335 e. The molecule has 0 saturated carbocycles. The van der Waals surface area contributed by atoms with Crippen LogP contribution in [0.5, 0.6) is 0 Å². The van der Waals surface area contributed by atoms with Gasteiger partial charge < -0.3 is 5.32 Å². The van der Waals surface area contributed by atoms with Crippen LogP contribution < -0.4 is 5.32 Å². The minimum absolute atomic E-state index is 0.264.